The van der Waals surface area contributed by atoms with Crippen LogP contribution in [0.5, 0.6) is 11.5 Å². The number of ether oxygens (including phenoxy) is 3. The first kappa shape index (κ1) is 22.4. The van der Waals surface area contributed by atoms with Gasteiger partial charge in [0, 0.05) is 32.2 Å². The SMILES string of the molecule is COc1cccc([C@@H]2c3c(oc4cc(OC)ccc4c3=O)C(=O)N2CCCN2CCOCC2)c1. The van der Waals surface area contributed by atoms with Gasteiger partial charge in [0.15, 0.2) is 5.43 Å². The van der Waals surface area contributed by atoms with Gasteiger partial charge >= 0.3 is 0 Å². The highest BCUT2D eigenvalue weighted by atomic mass is 16.5. The van der Waals surface area contributed by atoms with Crippen LogP contribution in [0.3, 0.4) is 0 Å². The monoisotopic (exact) mass is 464 g/mol. The number of hydrogen-bond donors (Lipinski definition) is 0. The van der Waals surface area contributed by atoms with Crippen molar-refractivity contribution >= 4 is 16.9 Å². The molecule has 34 heavy (non-hydrogen) atoms. The Hall–Kier alpha value is -3.36. The molecule has 3 aromatic rings. The molecule has 1 saturated heterocycles. The Labute approximate surface area is 197 Å². The molecule has 0 N–H and O–H groups in total. The van der Waals surface area contributed by atoms with Crippen LogP contribution in [-0.2, 0) is 4.74 Å². The summed E-state index contributed by atoms with van der Waals surface area (Å²) in [6.45, 7) is 4.60. The zero-order chi connectivity index (χ0) is 23.7. The summed E-state index contributed by atoms with van der Waals surface area (Å²) in [6.07, 6.45) is 0.779. The first-order valence-corrected chi connectivity index (χ1v) is 11.5. The van der Waals surface area contributed by atoms with Crippen LogP contribution in [0.4, 0.5) is 0 Å². The third-order valence-electron chi connectivity index (χ3n) is 6.56. The van der Waals surface area contributed by atoms with Crippen LogP contribution in [0.25, 0.3) is 11.0 Å². The van der Waals surface area contributed by atoms with Gasteiger partial charge in [-0.25, -0.2) is 0 Å². The molecule has 0 unspecified atom stereocenters. The third kappa shape index (κ3) is 4.03. The van der Waals surface area contributed by atoms with Crippen molar-refractivity contribution in [2.75, 3.05) is 53.6 Å². The highest BCUT2D eigenvalue weighted by Crippen LogP contribution is 2.39. The number of carbonyl (C=O) groups excluding carboxylic acids is 1. The van der Waals surface area contributed by atoms with Crippen molar-refractivity contribution in [2.45, 2.75) is 12.5 Å². The van der Waals surface area contributed by atoms with E-state index in [4.69, 9.17) is 18.6 Å². The number of rotatable bonds is 7. The number of nitrogens with zero attached hydrogens (tertiary/aromatic N) is 2. The van der Waals surface area contributed by atoms with Gasteiger partial charge in [0.1, 0.15) is 17.1 Å². The molecule has 2 aliphatic heterocycles. The zero-order valence-electron chi connectivity index (χ0n) is 19.4. The standard InChI is InChI=1S/C26H28N2O6/c1-31-18-6-3-5-17(15-18)23-22-24(29)20-8-7-19(32-2)16-21(20)34-25(22)26(30)28(23)10-4-9-27-11-13-33-14-12-27/h3,5-8,15-16,23H,4,9-14H2,1-2H3/t23-/m1/s1. The summed E-state index contributed by atoms with van der Waals surface area (Å²) >= 11 is 0. The fourth-order valence-electron chi connectivity index (χ4n) is 4.80. The van der Waals surface area contributed by atoms with Gasteiger partial charge in [-0.2, -0.15) is 0 Å². The Kier molecular flexibility index (Phi) is 6.26. The molecule has 5 rings (SSSR count). The number of amides is 1. The van der Waals surface area contributed by atoms with E-state index in [1.165, 1.54) is 0 Å². The summed E-state index contributed by atoms with van der Waals surface area (Å²) in [5.41, 5.74) is 1.34. The van der Waals surface area contributed by atoms with Gasteiger partial charge in [0.2, 0.25) is 5.76 Å². The summed E-state index contributed by atoms with van der Waals surface area (Å²) in [5, 5.41) is 0.426. The summed E-state index contributed by atoms with van der Waals surface area (Å²) in [4.78, 5) is 31.3. The minimum Gasteiger partial charge on any atom is -0.497 e. The lowest BCUT2D eigenvalue weighted by molar-refractivity contribution is 0.0353. The van der Waals surface area contributed by atoms with Crippen molar-refractivity contribution in [3.05, 3.63) is 69.6 Å². The van der Waals surface area contributed by atoms with Gasteiger partial charge in [-0.05, 0) is 36.2 Å². The summed E-state index contributed by atoms with van der Waals surface area (Å²) in [7, 11) is 3.15. The van der Waals surface area contributed by atoms with Crippen LogP contribution in [-0.4, -0.2) is 69.3 Å². The Morgan fingerprint density at radius 1 is 0.971 bits per heavy atom. The molecule has 8 heteroatoms. The smallest absolute Gasteiger partial charge is 0.290 e. The maximum absolute atomic E-state index is 13.6. The lowest BCUT2D eigenvalue weighted by Gasteiger charge is -2.29. The maximum Gasteiger partial charge on any atom is 0.290 e. The molecule has 3 heterocycles. The minimum atomic E-state index is -0.537. The summed E-state index contributed by atoms with van der Waals surface area (Å²) in [6, 6.07) is 12.0. The Balaban J connectivity index is 1.55. The lowest BCUT2D eigenvalue weighted by Crippen LogP contribution is -2.38. The third-order valence-corrected chi connectivity index (χ3v) is 6.56. The molecule has 0 radical (unpaired) electrons. The van der Waals surface area contributed by atoms with E-state index in [0.717, 1.165) is 44.8 Å². The minimum absolute atomic E-state index is 0.102. The van der Waals surface area contributed by atoms with E-state index in [-0.39, 0.29) is 17.1 Å². The Morgan fingerprint density at radius 2 is 1.74 bits per heavy atom. The van der Waals surface area contributed by atoms with Crippen LogP contribution in [0.15, 0.2) is 51.7 Å². The predicted molar refractivity (Wildman–Crippen MR) is 127 cm³/mol. The number of carbonyl (C=O) groups is 1. The van der Waals surface area contributed by atoms with Crippen LogP contribution >= 0.6 is 0 Å². The van der Waals surface area contributed by atoms with Crippen LogP contribution in [0, 0.1) is 0 Å². The molecule has 1 aromatic heterocycles. The average molecular weight is 465 g/mol. The second-order valence-corrected chi connectivity index (χ2v) is 8.52. The number of fused-ring (bicyclic) bond motifs is 2. The van der Waals surface area contributed by atoms with Gasteiger partial charge in [0.25, 0.3) is 5.91 Å². The van der Waals surface area contributed by atoms with Crippen molar-refractivity contribution in [3.63, 3.8) is 0 Å². The normalized spacial score (nSPS) is 18.4. The number of methoxy groups -OCH3 is 2. The second kappa shape index (κ2) is 9.48. The Morgan fingerprint density at radius 3 is 2.50 bits per heavy atom. The first-order chi connectivity index (χ1) is 16.6. The Bertz CT molecular complexity index is 1260. The number of hydrogen-bond acceptors (Lipinski definition) is 7. The fraction of sp³-hybridized carbons (Fsp3) is 0.385. The molecule has 8 nitrogen and oxygen atoms in total. The molecule has 2 aromatic carbocycles. The van der Waals surface area contributed by atoms with Gasteiger partial charge in [0.05, 0.1) is 44.4 Å². The number of morpholine rings is 1. The zero-order valence-corrected chi connectivity index (χ0v) is 19.4. The van der Waals surface area contributed by atoms with Crippen molar-refractivity contribution in [3.8, 4) is 11.5 Å². The molecule has 178 valence electrons. The predicted octanol–water partition coefficient (Wildman–Crippen LogP) is 3.08. The quantitative estimate of drug-likeness (QED) is 0.532. The lowest BCUT2D eigenvalue weighted by atomic mass is 9.98. The molecule has 0 aliphatic carbocycles. The molecule has 0 spiro atoms. The fourth-order valence-corrected chi connectivity index (χ4v) is 4.80. The van der Waals surface area contributed by atoms with Gasteiger partial charge in [-0.15, -0.1) is 0 Å². The molecule has 1 atom stereocenters. The maximum atomic E-state index is 13.6. The van der Waals surface area contributed by atoms with Gasteiger partial charge < -0.3 is 23.5 Å². The van der Waals surface area contributed by atoms with E-state index < -0.39 is 6.04 Å². The van der Waals surface area contributed by atoms with Crippen LogP contribution in [0.2, 0.25) is 0 Å². The van der Waals surface area contributed by atoms with Crippen molar-refractivity contribution in [2.24, 2.45) is 0 Å². The second-order valence-electron chi connectivity index (χ2n) is 8.52. The van der Waals surface area contributed by atoms with Gasteiger partial charge in [-0.1, -0.05) is 12.1 Å². The average Bonchev–Trinajstić information content (AvgIpc) is 3.16. The molecule has 1 fully saturated rings. The van der Waals surface area contributed by atoms with Crippen LogP contribution in [0.1, 0.15) is 34.1 Å². The molecule has 1 amide bonds. The summed E-state index contributed by atoms with van der Waals surface area (Å²) < 4.78 is 22.2. The van der Waals surface area contributed by atoms with Crippen LogP contribution < -0.4 is 14.9 Å². The number of benzene rings is 2. The highest BCUT2D eigenvalue weighted by Gasteiger charge is 2.42. The molecular weight excluding hydrogens is 436 g/mol. The van der Waals surface area contributed by atoms with Gasteiger partial charge in [-0.3, -0.25) is 14.5 Å². The molecule has 0 saturated carbocycles. The van der Waals surface area contributed by atoms with E-state index in [0.29, 0.717) is 34.6 Å². The highest BCUT2D eigenvalue weighted by molar-refractivity contribution is 5.99. The van der Waals surface area contributed by atoms with E-state index in [1.807, 2.05) is 24.3 Å². The van der Waals surface area contributed by atoms with E-state index >= 15 is 0 Å². The topological polar surface area (TPSA) is 81.5 Å². The molecule has 0 bridgehead atoms. The first-order valence-electron chi connectivity index (χ1n) is 11.5. The van der Waals surface area contributed by atoms with Crippen molar-refractivity contribution in [1.29, 1.82) is 0 Å². The molecule has 2 aliphatic rings. The van der Waals surface area contributed by atoms with Crippen molar-refractivity contribution in [1.82, 2.24) is 9.80 Å². The molecular formula is C26H28N2O6. The van der Waals surface area contributed by atoms with E-state index in [9.17, 15) is 9.59 Å². The van der Waals surface area contributed by atoms with E-state index in [2.05, 4.69) is 4.90 Å². The van der Waals surface area contributed by atoms with E-state index in [1.54, 1.807) is 37.3 Å². The summed E-state index contributed by atoms with van der Waals surface area (Å²) in [5.74, 6) is 1.06. The van der Waals surface area contributed by atoms with Crippen molar-refractivity contribution < 1.29 is 23.4 Å². The largest absolute Gasteiger partial charge is 0.497 e.